The average molecular weight is 632 g/mol. The largest absolute Gasteiger partial charge is 0.508 e. The number of aliphatic imine (C=N–C) groups is 1. The van der Waals surface area contributed by atoms with Crippen molar-refractivity contribution >= 4 is 41.4 Å². The quantitative estimate of drug-likeness (QED) is 0.0579. The second kappa shape index (κ2) is 18.2. The zero-order valence-electron chi connectivity index (χ0n) is 24.4. The Balaban J connectivity index is 2.27. The van der Waals surface area contributed by atoms with Crippen molar-refractivity contribution in [3.63, 3.8) is 0 Å². The van der Waals surface area contributed by atoms with Gasteiger partial charge in [-0.25, -0.2) is 4.79 Å². The van der Waals surface area contributed by atoms with Crippen molar-refractivity contribution in [1.29, 1.82) is 0 Å². The molecule has 44 heavy (non-hydrogen) atoms. The van der Waals surface area contributed by atoms with Crippen LogP contribution in [0, 0.1) is 0 Å². The second-order valence-electron chi connectivity index (χ2n) is 10.1. The lowest BCUT2D eigenvalue weighted by atomic mass is 10.0. The lowest BCUT2D eigenvalue weighted by Crippen LogP contribution is -2.57. The number of carbonyl (C=O) groups is 4. The van der Waals surface area contributed by atoms with E-state index in [1.165, 1.54) is 48.2 Å². The van der Waals surface area contributed by atoms with Crippen LogP contribution in [0.3, 0.4) is 0 Å². The van der Waals surface area contributed by atoms with Gasteiger partial charge in [-0.15, -0.1) is 0 Å². The summed E-state index contributed by atoms with van der Waals surface area (Å²) < 4.78 is 0. The molecule has 2 aromatic rings. The van der Waals surface area contributed by atoms with Gasteiger partial charge >= 0.3 is 5.97 Å². The van der Waals surface area contributed by atoms with Gasteiger partial charge in [0.05, 0.1) is 6.04 Å². The Morgan fingerprint density at radius 3 is 1.75 bits per heavy atom. The van der Waals surface area contributed by atoms with Crippen molar-refractivity contribution in [2.75, 3.05) is 18.6 Å². The number of rotatable bonds is 18. The van der Waals surface area contributed by atoms with Crippen LogP contribution in [-0.2, 0) is 32.0 Å². The summed E-state index contributed by atoms with van der Waals surface area (Å²) in [6.07, 6.45) is 2.52. The predicted molar refractivity (Wildman–Crippen MR) is 168 cm³/mol. The molecule has 240 valence electrons. The number of nitrogens with zero attached hydrogens (tertiary/aromatic N) is 1. The maximum Gasteiger partial charge on any atom is 0.326 e. The van der Waals surface area contributed by atoms with Crippen LogP contribution in [0.1, 0.15) is 30.4 Å². The Bertz CT molecular complexity index is 1270. The second-order valence-corrected chi connectivity index (χ2v) is 11.1. The van der Waals surface area contributed by atoms with Crippen molar-refractivity contribution in [2.45, 2.75) is 56.3 Å². The molecule has 0 aromatic heterocycles. The van der Waals surface area contributed by atoms with Crippen LogP contribution in [0.15, 0.2) is 53.5 Å². The van der Waals surface area contributed by atoms with Crippen LogP contribution in [0.25, 0.3) is 0 Å². The first-order valence-corrected chi connectivity index (χ1v) is 15.3. The molecule has 0 fully saturated rings. The maximum atomic E-state index is 13.6. The van der Waals surface area contributed by atoms with Gasteiger partial charge in [-0.2, -0.15) is 11.8 Å². The van der Waals surface area contributed by atoms with E-state index in [-0.39, 0.29) is 49.7 Å². The number of carbonyl (C=O) groups excluding carboxylic acids is 3. The number of aromatic hydroxyl groups is 2. The van der Waals surface area contributed by atoms with E-state index in [2.05, 4.69) is 20.9 Å². The molecule has 2 rings (SSSR count). The number of hydrogen-bond donors (Lipinski definition) is 9. The molecule has 15 heteroatoms. The van der Waals surface area contributed by atoms with Crippen LogP contribution < -0.4 is 33.2 Å². The first-order valence-electron chi connectivity index (χ1n) is 13.9. The smallest absolute Gasteiger partial charge is 0.326 e. The SMILES string of the molecule is CSCCC(N)C(=O)NC(Cc1ccc(O)cc1)C(=O)NC(CCCN=C(N)N)C(=O)NC(Cc1ccc(O)cc1)C(=O)O. The minimum absolute atomic E-state index is 0.00682. The van der Waals surface area contributed by atoms with E-state index < -0.39 is 47.9 Å². The van der Waals surface area contributed by atoms with E-state index >= 15 is 0 Å². The fraction of sp³-hybridized carbons (Fsp3) is 0.414. The number of phenols is 2. The van der Waals surface area contributed by atoms with E-state index in [1.807, 2.05) is 6.26 Å². The van der Waals surface area contributed by atoms with E-state index in [0.29, 0.717) is 23.3 Å². The van der Waals surface area contributed by atoms with Crippen LogP contribution in [-0.4, -0.2) is 87.7 Å². The number of benzene rings is 2. The molecule has 0 bridgehead atoms. The Labute approximate surface area is 259 Å². The van der Waals surface area contributed by atoms with Gasteiger partial charge in [0, 0.05) is 19.4 Å². The maximum absolute atomic E-state index is 13.6. The molecular weight excluding hydrogens is 590 g/mol. The highest BCUT2D eigenvalue weighted by atomic mass is 32.2. The predicted octanol–water partition coefficient (Wildman–Crippen LogP) is -0.444. The molecule has 0 aliphatic carbocycles. The van der Waals surface area contributed by atoms with Gasteiger partial charge in [-0.05, 0) is 66.7 Å². The molecule has 4 unspecified atom stereocenters. The fourth-order valence-corrected chi connectivity index (χ4v) is 4.61. The van der Waals surface area contributed by atoms with E-state index in [0.717, 1.165) is 0 Å². The minimum Gasteiger partial charge on any atom is -0.508 e. The molecule has 14 nitrogen and oxygen atoms in total. The molecule has 0 aliphatic rings. The lowest BCUT2D eigenvalue weighted by molar-refractivity contribution is -0.142. The Kier molecular flexibility index (Phi) is 14.8. The minimum atomic E-state index is -1.34. The summed E-state index contributed by atoms with van der Waals surface area (Å²) in [4.78, 5) is 55.7. The van der Waals surface area contributed by atoms with Gasteiger partial charge in [0.25, 0.3) is 0 Å². The number of aliphatic carboxylic acids is 1. The highest BCUT2D eigenvalue weighted by molar-refractivity contribution is 7.98. The van der Waals surface area contributed by atoms with Crippen molar-refractivity contribution in [2.24, 2.45) is 22.2 Å². The molecule has 4 atom stereocenters. The Morgan fingerprint density at radius 1 is 0.773 bits per heavy atom. The number of thioether (sulfide) groups is 1. The first-order chi connectivity index (χ1) is 20.9. The van der Waals surface area contributed by atoms with Crippen LogP contribution in [0.5, 0.6) is 11.5 Å². The van der Waals surface area contributed by atoms with Crippen LogP contribution >= 0.6 is 11.8 Å². The molecule has 0 spiro atoms. The van der Waals surface area contributed by atoms with Crippen molar-refractivity contribution in [1.82, 2.24) is 16.0 Å². The fourth-order valence-electron chi connectivity index (χ4n) is 4.12. The molecule has 0 saturated carbocycles. The Hall–Kier alpha value is -4.50. The number of nitrogens with two attached hydrogens (primary N) is 3. The number of phenolic OH excluding ortho intramolecular Hbond substituents is 2. The van der Waals surface area contributed by atoms with E-state index in [1.54, 1.807) is 12.1 Å². The summed E-state index contributed by atoms with van der Waals surface area (Å²) in [7, 11) is 0. The monoisotopic (exact) mass is 631 g/mol. The van der Waals surface area contributed by atoms with E-state index in [9.17, 15) is 34.5 Å². The molecule has 0 heterocycles. The summed E-state index contributed by atoms with van der Waals surface area (Å²) >= 11 is 1.52. The number of hydrogen-bond acceptors (Lipinski definition) is 9. The van der Waals surface area contributed by atoms with Crippen LogP contribution in [0.4, 0.5) is 0 Å². The number of guanidine groups is 1. The summed E-state index contributed by atoms with van der Waals surface area (Å²) in [5, 5.41) is 36.7. The van der Waals surface area contributed by atoms with Crippen molar-refractivity contribution in [3.8, 4) is 11.5 Å². The molecule has 0 saturated heterocycles. The lowest BCUT2D eigenvalue weighted by Gasteiger charge is -2.25. The third-order valence-electron chi connectivity index (χ3n) is 6.55. The zero-order valence-corrected chi connectivity index (χ0v) is 25.3. The van der Waals surface area contributed by atoms with Crippen molar-refractivity contribution in [3.05, 3.63) is 59.7 Å². The first kappa shape index (κ1) is 35.7. The van der Waals surface area contributed by atoms with Gasteiger partial charge < -0.3 is 48.5 Å². The molecule has 0 radical (unpaired) electrons. The van der Waals surface area contributed by atoms with Gasteiger partial charge in [-0.1, -0.05) is 24.3 Å². The number of carboxylic acid groups (broad SMARTS) is 1. The van der Waals surface area contributed by atoms with Crippen LogP contribution in [0.2, 0.25) is 0 Å². The number of amides is 3. The summed E-state index contributed by atoms with van der Waals surface area (Å²) in [6, 6.07) is 7.38. The normalized spacial score (nSPS) is 13.5. The number of carboxylic acids is 1. The summed E-state index contributed by atoms with van der Waals surface area (Å²) in [6.45, 7) is 0.149. The molecule has 2 aromatic carbocycles. The van der Waals surface area contributed by atoms with Crippen molar-refractivity contribution < 1.29 is 34.5 Å². The molecule has 12 N–H and O–H groups in total. The average Bonchev–Trinajstić information content (AvgIpc) is 2.98. The van der Waals surface area contributed by atoms with E-state index in [4.69, 9.17) is 17.2 Å². The summed E-state index contributed by atoms with van der Waals surface area (Å²) in [5.41, 5.74) is 18.0. The highest BCUT2D eigenvalue weighted by Crippen LogP contribution is 2.14. The van der Waals surface area contributed by atoms with Gasteiger partial charge in [-0.3, -0.25) is 19.4 Å². The Morgan fingerprint density at radius 2 is 1.25 bits per heavy atom. The number of nitrogens with one attached hydrogen (secondary N) is 3. The van der Waals surface area contributed by atoms with Gasteiger partial charge in [0.2, 0.25) is 17.7 Å². The third-order valence-corrected chi connectivity index (χ3v) is 7.19. The standard InChI is InChI=1S/C29H41N7O7S/c1-44-14-12-21(30)25(39)35-23(15-17-4-8-19(37)9-5-17)27(41)34-22(3-2-13-33-29(31)32)26(40)36-24(28(42)43)16-18-6-10-20(38)11-7-18/h4-11,21-24,37-38H,2-3,12-16,30H2,1H3,(H,34,41)(H,35,39)(H,36,40)(H,42,43)(H4,31,32,33). The topological polar surface area (TPSA) is 255 Å². The molecular formula is C29H41N7O7S. The van der Waals surface area contributed by atoms with Gasteiger partial charge in [0.15, 0.2) is 5.96 Å². The third kappa shape index (κ3) is 12.8. The molecule has 0 aliphatic heterocycles. The molecule has 3 amide bonds. The highest BCUT2D eigenvalue weighted by Gasteiger charge is 2.30. The van der Waals surface area contributed by atoms with Gasteiger partial charge in [0.1, 0.15) is 29.6 Å². The zero-order chi connectivity index (χ0) is 32.6. The summed E-state index contributed by atoms with van der Waals surface area (Å²) in [5.74, 6) is -2.79.